The van der Waals surface area contributed by atoms with Gasteiger partial charge in [0.25, 0.3) is 0 Å². The third kappa shape index (κ3) is 2.65. The van der Waals surface area contributed by atoms with Crippen molar-refractivity contribution in [2.75, 3.05) is 17.4 Å². The zero-order chi connectivity index (χ0) is 12.3. The normalized spacial score (nSPS) is 24.4. The Hall–Kier alpha value is -1.40. The van der Waals surface area contributed by atoms with Crippen molar-refractivity contribution in [3.63, 3.8) is 0 Å². The lowest BCUT2D eigenvalue weighted by molar-refractivity contribution is 0.106. The van der Waals surface area contributed by atoms with Crippen LogP contribution in [0.15, 0.2) is 12.4 Å². The van der Waals surface area contributed by atoms with E-state index in [-0.39, 0.29) is 12.1 Å². The first-order valence-corrected chi connectivity index (χ1v) is 5.92. The third-order valence-corrected chi connectivity index (χ3v) is 3.32. The maximum Gasteiger partial charge on any atom is 0.160 e. The molecule has 2 atom stereocenters. The highest BCUT2D eigenvalue weighted by molar-refractivity contribution is 5.43. The summed E-state index contributed by atoms with van der Waals surface area (Å²) in [6.45, 7) is 0. The van der Waals surface area contributed by atoms with E-state index in [1.54, 1.807) is 12.4 Å². The lowest BCUT2D eigenvalue weighted by Gasteiger charge is -2.35. The summed E-state index contributed by atoms with van der Waals surface area (Å²) < 4.78 is 0. The van der Waals surface area contributed by atoms with Crippen LogP contribution in [0.5, 0.6) is 0 Å². The molecule has 1 aromatic rings. The second-order valence-electron chi connectivity index (χ2n) is 4.44. The lowest BCUT2D eigenvalue weighted by atomic mass is 9.92. The van der Waals surface area contributed by atoms with Crippen molar-refractivity contribution in [2.24, 2.45) is 5.84 Å². The molecule has 0 bridgehead atoms. The van der Waals surface area contributed by atoms with Gasteiger partial charge in [-0.05, 0) is 12.8 Å². The number of likely N-dealkylation sites (N-methyl/N-ethyl adjacent to an activating group) is 1. The molecule has 2 rings (SSSR count). The van der Waals surface area contributed by atoms with E-state index in [1.165, 1.54) is 0 Å². The number of aromatic nitrogens is 2. The van der Waals surface area contributed by atoms with E-state index in [0.717, 1.165) is 31.5 Å². The standard InChI is InChI=1S/C11H19N5O/c1-16(8-4-2-3-5-9(8)17)11-7-13-6-10(14-11)15-12/h6-9,17H,2-5,12H2,1H3,(H,14,15). The van der Waals surface area contributed by atoms with E-state index in [0.29, 0.717) is 5.82 Å². The number of nitrogens with two attached hydrogens (primary N) is 1. The van der Waals surface area contributed by atoms with E-state index in [2.05, 4.69) is 15.4 Å². The minimum Gasteiger partial charge on any atom is -0.391 e. The summed E-state index contributed by atoms with van der Waals surface area (Å²) in [7, 11) is 1.93. The van der Waals surface area contributed by atoms with Gasteiger partial charge >= 0.3 is 0 Å². The Morgan fingerprint density at radius 2 is 2.18 bits per heavy atom. The van der Waals surface area contributed by atoms with Gasteiger partial charge < -0.3 is 15.4 Å². The summed E-state index contributed by atoms with van der Waals surface area (Å²) in [5, 5.41) is 10.00. The van der Waals surface area contributed by atoms with Crippen molar-refractivity contribution in [3.8, 4) is 0 Å². The first kappa shape index (κ1) is 12.1. The van der Waals surface area contributed by atoms with Gasteiger partial charge in [0.15, 0.2) is 5.82 Å². The Kier molecular flexibility index (Phi) is 3.75. The van der Waals surface area contributed by atoms with Gasteiger partial charge in [0, 0.05) is 7.05 Å². The van der Waals surface area contributed by atoms with Crippen LogP contribution in [0.3, 0.4) is 0 Å². The van der Waals surface area contributed by atoms with Gasteiger partial charge in [0.1, 0.15) is 5.82 Å². The number of hydrogen-bond donors (Lipinski definition) is 3. The Morgan fingerprint density at radius 1 is 1.41 bits per heavy atom. The number of nitrogen functional groups attached to an aromatic ring is 1. The topological polar surface area (TPSA) is 87.3 Å². The molecule has 1 aliphatic carbocycles. The SMILES string of the molecule is CN(c1cncc(NN)n1)C1CCCCC1O. The molecule has 1 heterocycles. The fourth-order valence-corrected chi connectivity index (χ4v) is 2.31. The van der Waals surface area contributed by atoms with Gasteiger partial charge in [-0.15, -0.1) is 0 Å². The molecule has 1 fully saturated rings. The summed E-state index contributed by atoms with van der Waals surface area (Å²) in [5.74, 6) is 6.56. The highest BCUT2D eigenvalue weighted by atomic mass is 16.3. The third-order valence-electron chi connectivity index (χ3n) is 3.32. The van der Waals surface area contributed by atoms with Crippen LogP contribution >= 0.6 is 0 Å². The molecule has 4 N–H and O–H groups in total. The van der Waals surface area contributed by atoms with Gasteiger partial charge in [-0.1, -0.05) is 12.8 Å². The Balaban J connectivity index is 2.14. The number of hydrogen-bond acceptors (Lipinski definition) is 6. The molecule has 17 heavy (non-hydrogen) atoms. The van der Waals surface area contributed by atoms with Crippen molar-refractivity contribution in [1.82, 2.24) is 9.97 Å². The molecule has 6 heteroatoms. The van der Waals surface area contributed by atoms with Crippen LogP contribution in [0.4, 0.5) is 11.6 Å². The number of nitrogens with one attached hydrogen (secondary N) is 1. The fraction of sp³-hybridized carbons (Fsp3) is 0.636. The minimum absolute atomic E-state index is 0.117. The van der Waals surface area contributed by atoms with Crippen LogP contribution in [0.2, 0.25) is 0 Å². The van der Waals surface area contributed by atoms with Crippen LogP contribution in [0.1, 0.15) is 25.7 Å². The molecule has 94 valence electrons. The number of anilines is 2. The van der Waals surface area contributed by atoms with Crippen LogP contribution < -0.4 is 16.2 Å². The van der Waals surface area contributed by atoms with E-state index in [1.807, 2.05) is 11.9 Å². The van der Waals surface area contributed by atoms with Crippen LogP contribution in [0.25, 0.3) is 0 Å². The molecule has 2 unspecified atom stereocenters. The van der Waals surface area contributed by atoms with E-state index >= 15 is 0 Å². The van der Waals surface area contributed by atoms with Gasteiger partial charge in [-0.25, -0.2) is 10.8 Å². The average molecular weight is 237 g/mol. The highest BCUT2D eigenvalue weighted by Gasteiger charge is 2.27. The van der Waals surface area contributed by atoms with Crippen LogP contribution in [-0.4, -0.2) is 34.3 Å². The smallest absolute Gasteiger partial charge is 0.160 e. The largest absolute Gasteiger partial charge is 0.391 e. The predicted octanol–water partition coefficient (Wildman–Crippen LogP) is 0.502. The van der Waals surface area contributed by atoms with Gasteiger partial charge in [0.2, 0.25) is 0 Å². The molecular formula is C11H19N5O. The fourth-order valence-electron chi connectivity index (χ4n) is 2.31. The average Bonchev–Trinajstić information content (AvgIpc) is 2.38. The Labute approximate surface area is 101 Å². The maximum absolute atomic E-state index is 10.00. The monoisotopic (exact) mass is 237 g/mol. The van der Waals surface area contributed by atoms with Crippen molar-refractivity contribution < 1.29 is 5.11 Å². The Morgan fingerprint density at radius 3 is 2.88 bits per heavy atom. The van der Waals surface area contributed by atoms with Crippen LogP contribution in [0, 0.1) is 0 Å². The summed E-state index contributed by atoms with van der Waals surface area (Å²) >= 11 is 0. The van der Waals surface area contributed by atoms with Gasteiger partial charge in [0.05, 0.1) is 24.5 Å². The highest BCUT2D eigenvalue weighted by Crippen LogP contribution is 2.25. The van der Waals surface area contributed by atoms with Crippen molar-refractivity contribution in [1.29, 1.82) is 0 Å². The van der Waals surface area contributed by atoms with Crippen LogP contribution in [-0.2, 0) is 0 Å². The van der Waals surface area contributed by atoms with Gasteiger partial charge in [-0.3, -0.25) is 4.98 Å². The number of nitrogens with zero attached hydrogens (tertiary/aromatic N) is 3. The molecular weight excluding hydrogens is 218 g/mol. The molecule has 1 aliphatic rings. The number of aliphatic hydroxyl groups is 1. The second kappa shape index (κ2) is 5.29. The zero-order valence-corrected chi connectivity index (χ0v) is 10.0. The van der Waals surface area contributed by atoms with Crippen molar-refractivity contribution in [2.45, 2.75) is 37.8 Å². The summed E-state index contributed by atoms with van der Waals surface area (Å²) in [6.07, 6.45) is 7.05. The summed E-state index contributed by atoms with van der Waals surface area (Å²) in [4.78, 5) is 10.4. The minimum atomic E-state index is -0.287. The quantitative estimate of drug-likeness (QED) is 0.524. The molecule has 6 nitrogen and oxygen atoms in total. The van der Waals surface area contributed by atoms with E-state index < -0.39 is 0 Å². The molecule has 1 aromatic heterocycles. The lowest BCUT2D eigenvalue weighted by Crippen LogP contribution is -2.43. The summed E-state index contributed by atoms with van der Waals surface area (Å²) in [5.41, 5.74) is 2.47. The molecule has 0 aliphatic heterocycles. The molecule has 0 spiro atoms. The molecule has 0 radical (unpaired) electrons. The van der Waals surface area contributed by atoms with Gasteiger partial charge in [-0.2, -0.15) is 0 Å². The number of rotatable bonds is 3. The Bertz CT molecular complexity index is 373. The molecule has 0 amide bonds. The van der Waals surface area contributed by atoms with E-state index in [4.69, 9.17) is 5.84 Å². The first-order valence-electron chi connectivity index (χ1n) is 5.92. The van der Waals surface area contributed by atoms with Crippen molar-refractivity contribution in [3.05, 3.63) is 12.4 Å². The predicted molar refractivity (Wildman–Crippen MR) is 66.5 cm³/mol. The molecule has 1 saturated carbocycles. The summed E-state index contributed by atoms with van der Waals surface area (Å²) in [6, 6.07) is 0.117. The number of hydrazine groups is 1. The number of aliphatic hydroxyl groups excluding tert-OH is 1. The zero-order valence-electron chi connectivity index (χ0n) is 10.0. The molecule has 0 saturated heterocycles. The first-order chi connectivity index (χ1) is 8.22. The molecule has 0 aromatic carbocycles. The van der Waals surface area contributed by atoms with E-state index in [9.17, 15) is 5.11 Å². The second-order valence-corrected chi connectivity index (χ2v) is 4.44. The van der Waals surface area contributed by atoms with Crippen molar-refractivity contribution >= 4 is 11.6 Å². The maximum atomic E-state index is 10.00.